The van der Waals surface area contributed by atoms with Crippen LogP contribution in [0, 0.1) is 0 Å². The lowest BCUT2D eigenvalue weighted by molar-refractivity contribution is 0.568. The van der Waals surface area contributed by atoms with Gasteiger partial charge in [0, 0.05) is 44.2 Å². The minimum atomic E-state index is -0.126. The molecule has 7 nitrogen and oxygen atoms in total. The molecule has 0 spiro atoms. The van der Waals surface area contributed by atoms with Gasteiger partial charge in [0.25, 0.3) is 0 Å². The number of hydrogen-bond donors (Lipinski definition) is 0. The van der Waals surface area contributed by atoms with Crippen LogP contribution in [-0.4, -0.2) is 34.5 Å². The second kappa shape index (κ2) is 19.6. The third kappa shape index (κ3) is 11.2. The summed E-state index contributed by atoms with van der Waals surface area (Å²) in [6.45, 7) is 41.0. The minimum Gasteiger partial charge on any atom is -0.309 e. The summed E-state index contributed by atoms with van der Waals surface area (Å²) in [7, 11) is 0. The third-order valence-corrected chi connectivity index (χ3v) is 15.4. The zero-order valence-electron chi connectivity index (χ0n) is 50.1. The van der Waals surface area contributed by atoms with Crippen LogP contribution in [0.5, 0.6) is 0 Å². The maximum absolute atomic E-state index is 5.53. The van der Waals surface area contributed by atoms with Gasteiger partial charge in [-0.3, -0.25) is 0 Å². The summed E-state index contributed by atoms with van der Waals surface area (Å²) in [6, 6.07) is 54.7. The Morgan fingerprint density at radius 1 is 0.253 bits per heavy atom. The van der Waals surface area contributed by atoms with Gasteiger partial charge in [0.05, 0.1) is 16.7 Å². The van der Waals surface area contributed by atoms with E-state index in [-0.39, 0.29) is 32.5 Å². The number of hydrogen-bond acceptors (Lipinski definition) is 6. The quantitative estimate of drug-likeness (QED) is 0.158. The lowest BCUT2D eigenvalue weighted by atomic mass is 9.79. The SMILES string of the molecule is CC(C)(C)c1cc(-c2nc(-c3cc(C(C)(C)C)cc(C(C)(C)C)c3)nc(-c3ccc(-n4c5ccc(C(C)(C)C)cc5c5cc(C(C)(C)C)ccc54)c(-c4nc(-c5ccccc5)nc(-c5ccccc5)n4)c3)n2)cc(C(C)(C)C)c1. The minimum absolute atomic E-state index is 0.0589. The van der Waals surface area contributed by atoms with Crippen LogP contribution in [0.15, 0.2) is 152 Å². The Bertz CT molecular complexity index is 3650. The number of nitrogens with zero attached hydrogens (tertiary/aromatic N) is 7. The molecule has 3 aromatic heterocycles. The van der Waals surface area contributed by atoms with Crippen molar-refractivity contribution in [3.8, 4) is 74.0 Å². The van der Waals surface area contributed by atoms with Crippen molar-refractivity contribution in [3.05, 3.63) is 185 Å². The molecule has 0 amide bonds. The van der Waals surface area contributed by atoms with Crippen LogP contribution in [0.1, 0.15) is 158 Å². The molecule has 0 N–H and O–H groups in total. The van der Waals surface area contributed by atoms with Gasteiger partial charge in [0.2, 0.25) is 0 Å². The summed E-state index contributed by atoms with van der Waals surface area (Å²) in [5.74, 6) is 3.48. The van der Waals surface area contributed by atoms with Crippen LogP contribution in [0.4, 0.5) is 0 Å². The highest BCUT2D eigenvalue weighted by atomic mass is 15.1. The van der Waals surface area contributed by atoms with Gasteiger partial charge in [-0.1, -0.05) is 210 Å². The summed E-state index contributed by atoms with van der Waals surface area (Å²) in [6.07, 6.45) is 0. The zero-order valence-corrected chi connectivity index (χ0v) is 50.1. The van der Waals surface area contributed by atoms with E-state index in [1.165, 1.54) is 44.2 Å². The second-order valence-electron chi connectivity index (χ2n) is 28.0. The van der Waals surface area contributed by atoms with Crippen molar-refractivity contribution in [2.75, 3.05) is 0 Å². The Morgan fingerprint density at radius 3 is 0.911 bits per heavy atom. The van der Waals surface area contributed by atoms with Gasteiger partial charge in [0.15, 0.2) is 34.9 Å². The van der Waals surface area contributed by atoms with Crippen LogP contribution in [0.2, 0.25) is 0 Å². The molecule has 10 aromatic rings. The van der Waals surface area contributed by atoms with Crippen molar-refractivity contribution in [2.24, 2.45) is 0 Å². The lowest BCUT2D eigenvalue weighted by Crippen LogP contribution is -2.17. The Balaban J connectivity index is 1.32. The largest absolute Gasteiger partial charge is 0.309 e. The Morgan fingerprint density at radius 2 is 0.570 bits per heavy atom. The summed E-state index contributed by atoms with van der Waals surface area (Å²) < 4.78 is 2.40. The van der Waals surface area contributed by atoms with Gasteiger partial charge in [-0.25, -0.2) is 29.9 Å². The van der Waals surface area contributed by atoms with Crippen molar-refractivity contribution in [2.45, 2.75) is 157 Å². The van der Waals surface area contributed by atoms with E-state index in [0.29, 0.717) is 34.9 Å². The molecule has 79 heavy (non-hydrogen) atoms. The molecule has 7 heteroatoms. The van der Waals surface area contributed by atoms with Gasteiger partial charge in [-0.15, -0.1) is 0 Å². The Kier molecular flexibility index (Phi) is 13.6. The molecule has 0 aliphatic heterocycles. The van der Waals surface area contributed by atoms with Crippen LogP contribution in [0.25, 0.3) is 95.8 Å². The van der Waals surface area contributed by atoms with E-state index in [4.69, 9.17) is 29.9 Å². The fourth-order valence-corrected chi connectivity index (χ4v) is 10.2. The van der Waals surface area contributed by atoms with E-state index < -0.39 is 0 Å². The number of fused-ring (bicyclic) bond motifs is 3. The molecule has 10 rings (SSSR count). The Labute approximate surface area is 470 Å². The summed E-state index contributed by atoms with van der Waals surface area (Å²) in [4.78, 5) is 32.6. The maximum atomic E-state index is 5.53. The average Bonchev–Trinajstić information content (AvgIpc) is 3.95. The van der Waals surface area contributed by atoms with E-state index in [9.17, 15) is 0 Å². The van der Waals surface area contributed by atoms with Gasteiger partial charge < -0.3 is 4.57 Å². The fourth-order valence-electron chi connectivity index (χ4n) is 10.2. The van der Waals surface area contributed by atoms with Crippen LogP contribution in [-0.2, 0) is 32.5 Å². The predicted octanol–water partition coefficient (Wildman–Crippen LogP) is 18.9. The van der Waals surface area contributed by atoms with Gasteiger partial charge >= 0.3 is 0 Å². The Hall–Kier alpha value is -7.64. The van der Waals surface area contributed by atoms with Crippen LogP contribution in [0.3, 0.4) is 0 Å². The number of aromatic nitrogens is 7. The normalized spacial score (nSPS) is 12.9. The van der Waals surface area contributed by atoms with Gasteiger partial charge in [-0.2, -0.15) is 0 Å². The molecule has 0 radical (unpaired) electrons. The van der Waals surface area contributed by atoms with Crippen molar-refractivity contribution < 1.29 is 0 Å². The van der Waals surface area contributed by atoms with Crippen LogP contribution < -0.4 is 0 Å². The highest BCUT2D eigenvalue weighted by Gasteiger charge is 2.28. The summed E-state index contributed by atoms with van der Waals surface area (Å²) in [5, 5.41) is 2.39. The molecule has 0 fully saturated rings. The van der Waals surface area contributed by atoms with Gasteiger partial charge in [0.1, 0.15) is 0 Å². The first-order valence-electron chi connectivity index (χ1n) is 28.1. The van der Waals surface area contributed by atoms with E-state index in [1.807, 2.05) is 36.4 Å². The summed E-state index contributed by atoms with van der Waals surface area (Å²) >= 11 is 0. The molecule has 0 saturated carbocycles. The molecule has 0 aliphatic carbocycles. The van der Waals surface area contributed by atoms with E-state index in [1.54, 1.807) is 0 Å². The zero-order chi connectivity index (χ0) is 56.8. The smallest absolute Gasteiger partial charge is 0.166 e. The molecule has 0 atom stereocenters. The molecule has 7 aromatic carbocycles. The molecule has 402 valence electrons. The van der Waals surface area contributed by atoms with E-state index >= 15 is 0 Å². The first-order chi connectivity index (χ1) is 36.9. The van der Waals surface area contributed by atoms with E-state index in [0.717, 1.165) is 50.1 Å². The average molecular weight is 1040 g/mol. The summed E-state index contributed by atoms with van der Waals surface area (Å²) in [5.41, 5.74) is 15.3. The first-order valence-corrected chi connectivity index (χ1v) is 28.1. The van der Waals surface area contributed by atoms with Crippen molar-refractivity contribution in [1.29, 1.82) is 0 Å². The molecule has 0 unspecified atom stereocenters. The highest BCUT2D eigenvalue weighted by molar-refractivity contribution is 6.10. The fraction of sp³-hybridized carbons (Fsp3) is 0.333. The number of rotatable bonds is 7. The molecule has 3 heterocycles. The number of benzene rings is 7. The lowest BCUT2D eigenvalue weighted by Gasteiger charge is -2.26. The predicted molar refractivity (Wildman–Crippen MR) is 332 cm³/mol. The topological polar surface area (TPSA) is 82.3 Å². The molecule has 0 saturated heterocycles. The second-order valence-corrected chi connectivity index (χ2v) is 28.0. The van der Waals surface area contributed by atoms with Crippen molar-refractivity contribution in [3.63, 3.8) is 0 Å². The van der Waals surface area contributed by atoms with Gasteiger partial charge in [-0.05, 0) is 133 Å². The van der Waals surface area contributed by atoms with Crippen molar-refractivity contribution in [1.82, 2.24) is 34.5 Å². The standard InChI is InChI=1S/C72H79N7/c1-67(2,3)49-30-33-58-55(42-49)56-43-50(68(4,5)6)31-34-59(56)79(58)60-32-29-46(39-57(60)66-77-61(44-25-21-19-22-26-44)73-62(78-66)45-27-23-20-24-28-45)63-74-64(47-35-51(69(7,8)9)40-52(36-47)70(10,11)12)76-65(75-63)48-37-53(71(13,14)15)41-54(38-48)72(16,17)18/h19-43H,1-18H3. The van der Waals surface area contributed by atoms with Crippen molar-refractivity contribution >= 4 is 21.8 Å². The monoisotopic (exact) mass is 1040 g/mol. The van der Waals surface area contributed by atoms with E-state index in [2.05, 4.69) is 244 Å². The molecular formula is C72H79N7. The third-order valence-electron chi connectivity index (χ3n) is 15.4. The van der Waals surface area contributed by atoms with Crippen LogP contribution >= 0.6 is 0 Å². The molecule has 0 bridgehead atoms. The molecular weight excluding hydrogens is 963 g/mol. The highest BCUT2D eigenvalue weighted by Crippen LogP contribution is 2.43. The molecule has 0 aliphatic rings. The first kappa shape index (κ1) is 54.7. The maximum Gasteiger partial charge on any atom is 0.166 e.